The van der Waals surface area contributed by atoms with Crippen molar-refractivity contribution in [2.45, 2.75) is 38.1 Å². The maximum Gasteiger partial charge on any atom is 0.272 e. The predicted molar refractivity (Wildman–Crippen MR) is 108 cm³/mol. The molecule has 2 aliphatic heterocycles. The van der Waals surface area contributed by atoms with Gasteiger partial charge in [-0.3, -0.25) is 14.7 Å². The van der Waals surface area contributed by atoms with Gasteiger partial charge in [0.25, 0.3) is 5.91 Å². The highest BCUT2D eigenvalue weighted by Gasteiger charge is 2.43. The van der Waals surface area contributed by atoms with Crippen LogP contribution in [0.2, 0.25) is 0 Å². The van der Waals surface area contributed by atoms with Gasteiger partial charge in [-0.05, 0) is 37.7 Å². The molecule has 7 nitrogen and oxygen atoms in total. The van der Waals surface area contributed by atoms with Crippen molar-refractivity contribution in [3.63, 3.8) is 0 Å². The molecular formula is C22H28N4O3. The minimum Gasteiger partial charge on any atom is -0.381 e. The van der Waals surface area contributed by atoms with Crippen molar-refractivity contribution in [1.82, 2.24) is 20.4 Å². The van der Waals surface area contributed by atoms with E-state index in [9.17, 15) is 9.59 Å². The number of aromatic amines is 1. The summed E-state index contributed by atoms with van der Waals surface area (Å²) in [5.74, 6) is 1.08. The second-order valence-corrected chi connectivity index (χ2v) is 8.68. The van der Waals surface area contributed by atoms with Gasteiger partial charge in [0.2, 0.25) is 5.91 Å². The summed E-state index contributed by atoms with van der Waals surface area (Å²) in [7, 11) is 0. The van der Waals surface area contributed by atoms with Gasteiger partial charge in [0.1, 0.15) is 0 Å². The average molecular weight is 396 g/mol. The van der Waals surface area contributed by atoms with Crippen LogP contribution >= 0.6 is 0 Å². The largest absolute Gasteiger partial charge is 0.381 e. The fourth-order valence-corrected chi connectivity index (χ4v) is 5.41. The molecule has 0 spiro atoms. The number of likely N-dealkylation sites (tertiary alicyclic amines) is 1. The van der Waals surface area contributed by atoms with Crippen molar-refractivity contribution in [2.75, 3.05) is 26.3 Å². The van der Waals surface area contributed by atoms with E-state index in [1.807, 2.05) is 24.3 Å². The molecule has 1 aromatic carbocycles. The van der Waals surface area contributed by atoms with Gasteiger partial charge in [-0.25, -0.2) is 0 Å². The van der Waals surface area contributed by atoms with E-state index >= 15 is 0 Å². The highest BCUT2D eigenvalue weighted by Crippen LogP contribution is 2.37. The molecule has 5 rings (SSSR count). The predicted octanol–water partition coefficient (Wildman–Crippen LogP) is 2.35. The lowest BCUT2D eigenvalue weighted by Crippen LogP contribution is -2.45. The van der Waals surface area contributed by atoms with E-state index in [0.29, 0.717) is 30.7 Å². The molecule has 0 bridgehead atoms. The van der Waals surface area contributed by atoms with Crippen molar-refractivity contribution >= 4 is 22.7 Å². The third-order valence-electron chi connectivity index (χ3n) is 6.98. The number of rotatable bonds is 3. The molecular weight excluding hydrogens is 368 g/mol. The zero-order chi connectivity index (χ0) is 19.8. The zero-order valence-corrected chi connectivity index (χ0v) is 16.6. The number of para-hydroxylation sites is 1. The Morgan fingerprint density at radius 1 is 1.10 bits per heavy atom. The minimum absolute atomic E-state index is 0.101. The third kappa shape index (κ3) is 3.52. The van der Waals surface area contributed by atoms with Gasteiger partial charge < -0.3 is 15.0 Å². The molecule has 154 valence electrons. The number of carbonyl (C=O) groups excluding carboxylic acids is 2. The summed E-state index contributed by atoms with van der Waals surface area (Å²) in [5.41, 5.74) is 1.32. The van der Waals surface area contributed by atoms with Gasteiger partial charge in [-0.1, -0.05) is 24.6 Å². The number of ether oxygens (including phenoxy) is 1. The van der Waals surface area contributed by atoms with Crippen molar-refractivity contribution in [3.8, 4) is 0 Å². The Hall–Kier alpha value is -2.41. The number of hydrogen-bond donors (Lipinski definition) is 2. The zero-order valence-electron chi connectivity index (χ0n) is 16.6. The van der Waals surface area contributed by atoms with E-state index in [1.54, 1.807) is 0 Å². The number of amides is 2. The van der Waals surface area contributed by atoms with Crippen LogP contribution in [0.4, 0.5) is 0 Å². The Morgan fingerprint density at radius 2 is 1.93 bits per heavy atom. The molecule has 3 atom stereocenters. The molecule has 1 saturated carbocycles. The molecule has 7 heteroatoms. The lowest BCUT2D eigenvalue weighted by atomic mass is 9.78. The molecule has 2 aromatic rings. The van der Waals surface area contributed by atoms with Crippen molar-refractivity contribution in [2.24, 2.45) is 17.8 Å². The fourth-order valence-electron chi connectivity index (χ4n) is 5.41. The summed E-state index contributed by atoms with van der Waals surface area (Å²) in [6.45, 7) is 2.96. The molecule has 3 heterocycles. The summed E-state index contributed by atoms with van der Waals surface area (Å²) < 4.78 is 5.41. The summed E-state index contributed by atoms with van der Waals surface area (Å²) in [4.78, 5) is 28.0. The Morgan fingerprint density at radius 3 is 2.79 bits per heavy atom. The highest BCUT2D eigenvalue weighted by atomic mass is 16.5. The quantitative estimate of drug-likeness (QED) is 0.834. The minimum atomic E-state index is -0.123. The van der Waals surface area contributed by atoms with Crippen LogP contribution in [0.1, 0.15) is 42.6 Å². The number of fused-ring (bicyclic) bond motifs is 2. The molecule has 3 fully saturated rings. The monoisotopic (exact) mass is 396 g/mol. The first-order chi connectivity index (χ1) is 14.2. The van der Waals surface area contributed by atoms with Gasteiger partial charge >= 0.3 is 0 Å². The van der Waals surface area contributed by atoms with Crippen LogP contribution in [0.25, 0.3) is 10.9 Å². The number of nitrogens with one attached hydrogen (secondary N) is 2. The lowest BCUT2D eigenvalue weighted by Gasteiger charge is -2.33. The second-order valence-electron chi connectivity index (χ2n) is 8.68. The Kier molecular flexibility index (Phi) is 4.99. The fraction of sp³-hybridized carbons (Fsp3) is 0.591. The number of aromatic nitrogens is 2. The lowest BCUT2D eigenvalue weighted by molar-refractivity contribution is -0.137. The maximum absolute atomic E-state index is 13.0. The van der Waals surface area contributed by atoms with E-state index in [0.717, 1.165) is 56.1 Å². The molecule has 0 unspecified atom stereocenters. The molecule has 1 aliphatic carbocycles. The van der Waals surface area contributed by atoms with E-state index in [4.69, 9.17) is 4.74 Å². The van der Waals surface area contributed by atoms with Gasteiger partial charge in [0, 0.05) is 49.6 Å². The standard InChI is InChI=1S/C22H28N4O3/c27-21(20-16-5-1-2-6-19(16)24-25-20)23-18-7-3-4-15-12-26(13-17(15)18)22(28)14-8-10-29-11-9-14/h1-2,5-6,14-15,17-18H,3-4,7-13H2,(H,23,27)(H,24,25)/t15-,17+,18-/m0/s1. The van der Waals surface area contributed by atoms with Gasteiger partial charge in [-0.2, -0.15) is 5.10 Å². The summed E-state index contributed by atoms with van der Waals surface area (Å²) in [6, 6.07) is 7.79. The van der Waals surface area contributed by atoms with Crippen LogP contribution in [0, 0.1) is 17.8 Å². The topological polar surface area (TPSA) is 87.3 Å². The van der Waals surface area contributed by atoms with Crippen molar-refractivity contribution < 1.29 is 14.3 Å². The number of carbonyl (C=O) groups is 2. The molecule has 29 heavy (non-hydrogen) atoms. The molecule has 2 saturated heterocycles. The van der Waals surface area contributed by atoms with Crippen LogP contribution in [0.5, 0.6) is 0 Å². The maximum atomic E-state index is 13.0. The normalized spacial score (nSPS) is 27.7. The average Bonchev–Trinajstić information content (AvgIpc) is 3.39. The van der Waals surface area contributed by atoms with Crippen LogP contribution in [-0.2, 0) is 9.53 Å². The molecule has 3 aliphatic rings. The molecule has 1 aromatic heterocycles. The number of benzene rings is 1. The first-order valence-electron chi connectivity index (χ1n) is 10.8. The molecule has 0 radical (unpaired) electrons. The molecule has 2 amide bonds. The van der Waals surface area contributed by atoms with Crippen LogP contribution < -0.4 is 5.32 Å². The summed E-state index contributed by atoms with van der Waals surface area (Å²) >= 11 is 0. The Labute approximate surface area is 170 Å². The van der Waals surface area contributed by atoms with E-state index in [1.165, 1.54) is 0 Å². The first-order valence-corrected chi connectivity index (χ1v) is 10.8. The van der Waals surface area contributed by atoms with Crippen LogP contribution in [0.15, 0.2) is 24.3 Å². The van der Waals surface area contributed by atoms with E-state index in [2.05, 4.69) is 20.4 Å². The molecule has 2 N–H and O–H groups in total. The third-order valence-corrected chi connectivity index (χ3v) is 6.98. The van der Waals surface area contributed by atoms with Crippen LogP contribution in [0.3, 0.4) is 0 Å². The SMILES string of the molecule is O=C(N[C@H]1CCC[C@H]2CN(C(=O)C3CCOCC3)C[C@H]21)c1n[nH]c2ccccc12. The summed E-state index contributed by atoms with van der Waals surface area (Å²) in [6.07, 6.45) is 4.86. The Balaban J connectivity index is 1.27. The Bertz CT molecular complexity index is 904. The van der Waals surface area contributed by atoms with E-state index < -0.39 is 0 Å². The van der Waals surface area contributed by atoms with Crippen LogP contribution in [-0.4, -0.2) is 59.3 Å². The van der Waals surface area contributed by atoms with E-state index in [-0.39, 0.29) is 23.8 Å². The number of hydrogen-bond acceptors (Lipinski definition) is 4. The van der Waals surface area contributed by atoms with Crippen molar-refractivity contribution in [3.05, 3.63) is 30.0 Å². The van der Waals surface area contributed by atoms with Gasteiger partial charge in [-0.15, -0.1) is 0 Å². The highest BCUT2D eigenvalue weighted by molar-refractivity contribution is 6.04. The van der Waals surface area contributed by atoms with Gasteiger partial charge in [0.05, 0.1) is 5.52 Å². The second kappa shape index (κ2) is 7.78. The smallest absolute Gasteiger partial charge is 0.272 e. The van der Waals surface area contributed by atoms with Crippen molar-refractivity contribution in [1.29, 1.82) is 0 Å². The number of nitrogens with zero attached hydrogens (tertiary/aromatic N) is 2. The van der Waals surface area contributed by atoms with Gasteiger partial charge in [0.15, 0.2) is 5.69 Å². The summed E-state index contributed by atoms with van der Waals surface area (Å²) in [5, 5.41) is 11.3. The number of H-pyrrole nitrogens is 1. The first kappa shape index (κ1) is 18.6.